The maximum absolute atomic E-state index is 12.5. The lowest BCUT2D eigenvalue weighted by molar-refractivity contribution is -0.142. The summed E-state index contributed by atoms with van der Waals surface area (Å²) < 4.78 is 0. The Balaban J connectivity index is 2.71. The highest BCUT2D eigenvalue weighted by atomic mass is 16.4. The first kappa shape index (κ1) is 20.6. The van der Waals surface area contributed by atoms with Gasteiger partial charge < -0.3 is 31.8 Å². The molecular weight excluding hydrogens is 328 g/mol. The Labute approximate surface area is 146 Å². The number of nitrogens with two attached hydrogens (primary N) is 1. The fourth-order valence-electron chi connectivity index (χ4n) is 2.26. The largest absolute Gasteiger partial charge is 0.480 e. The van der Waals surface area contributed by atoms with Gasteiger partial charge in [0.05, 0.1) is 12.9 Å². The average molecular weight is 354 g/mol. The Bertz CT molecular complexity index is 548. The van der Waals surface area contributed by atoms with Crippen molar-refractivity contribution in [1.82, 2.24) is 25.9 Å². The van der Waals surface area contributed by atoms with Crippen LogP contribution in [0.5, 0.6) is 0 Å². The number of aromatic amines is 1. The number of nitrogens with zero attached hydrogens (tertiary/aromatic N) is 1. The Hall–Kier alpha value is -2.46. The van der Waals surface area contributed by atoms with Crippen LogP contribution in [-0.2, 0) is 20.8 Å². The van der Waals surface area contributed by atoms with E-state index in [1.165, 1.54) is 12.5 Å². The van der Waals surface area contributed by atoms with E-state index in [1.54, 1.807) is 7.05 Å². The van der Waals surface area contributed by atoms with Gasteiger partial charge in [-0.3, -0.25) is 9.59 Å². The molecule has 140 valence electrons. The third-order valence-corrected chi connectivity index (χ3v) is 3.53. The number of carboxylic acid groups (broad SMARTS) is 1. The molecule has 10 heteroatoms. The summed E-state index contributed by atoms with van der Waals surface area (Å²) in [4.78, 5) is 42.2. The van der Waals surface area contributed by atoms with Crippen molar-refractivity contribution < 1.29 is 19.5 Å². The molecule has 10 nitrogen and oxygen atoms in total. The van der Waals surface area contributed by atoms with Crippen LogP contribution in [0.1, 0.15) is 25.0 Å². The summed E-state index contributed by atoms with van der Waals surface area (Å²) >= 11 is 0. The van der Waals surface area contributed by atoms with Crippen molar-refractivity contribution in [2.75, 3.05) is 20.1 Å². The van der Waals surface area contributed by atoms with Gasteiger partial charge in [0.25, 0.3) is 0 Å². The Morgan fingerprint density at radius 2 is 2.04 bits per heavy atom. The lowest BCUT2D eigenvalue weighted by Crippen LogP contribution is -2.53. The number of nitrogens with one attached hydrogen (secondary N) is 4. The smallest absolute Gasteiger partial charge is 0.326 e. The van der Waals surface area contributed by atoms with Gasteiger partial charge in [-0.05, 0) is 32.9 Å². The highest BCUT2D eigenvalue weighted by Crippen LogP contribution is 2.04. The molecular formula is C15H26N6O4. The first-order valence-corrected chi connectivity index (χ1v) is 8.12. The van der Waals surface area contributed by atoms with Gasteiger partial charge in [0.1, 0.15) is 12.1 Å². The van der Waals surface area contributed by atoms with E-state index in [2.05, 4.69) is 25.9 Å². The Kier molecular flexibility index (Phi) is 9.19. The van der Waals surface area contributed by atoms with Crippen molar-refractivity contribution in [1.29, 1.82) is 0 Å². The van der Waals surface area contributed by atoms with Crippen molar-refractivity contribution in [3.8, 4) is 0 Å². The molecule has 0 aliphatic heterocycles. The monoisotopic (exact) mass is 354 g/mol. The normalized spacial score (nSPS) is 13.0. The minimum absolute atomic E-state index is 0.0666. The lowest BCUT2D eigenvalue weighted by Gasteiger charge is -2.21. The Morgan fingerprint density at radius 3 is 2.60 bits per heavy atom. The first-order chi connectivity index (χ1) is 12.0. The van der Waals surface area contributed by atoms with Crippen LogP contribution in [0.4, 0.5) is 0 Å². The molecule has 1 aromatic rings. The van der Waals surface area contributed by atoms with E-state index < -0.39 is 24.0 Å². The van der Waals surface area contributed by atoms with Gasteiger partial charge in [-0.15, -0.1) is 0 Å². The molecule has 0 unspecified atom stereocenters. The molecule has 0 saturated heterocycles. The van der Waals surface area contributed by atoms with Crippen LogP contribution in [0.3, 0.4) is 0 Å². The maximum atomic E-state index is 12.5. The van der Waals surface area contributed by atoms with Crippen molar-refractivity contribution in [3.05, 3.63) is 18.2 Å². The molecule has 0 aliphatic rings. The summed E-state index contributed by atoms with van der Waals surface area (Å²) in [6.45, 7) is 0.549. The second-order valence-electron chi connectivity index (χ2n) is 5.62. The topological polar surface area (TPSA) is 162 Å². The third kappa shape index (κ3) is 7.77. The van der Waals surface area contributed by atoms with Crippen LogP contribution in [0.15, 0.2) is 12.5 Å². The van der Waals surface area contributed by atoms with E-state index in [-0.39, 0.29) is 18.9 Å². The molecule has 2 amide bonds. The second-order valence-corrected chi connectivity index (χ2v) is 5.62. The summed E-state index contributed by atoms with van der Waals surface area (Å²) in [5.74, 6) is -2.03. The van der Waals surface area contributed by atoms with Crippen LogP contribution >= 0.6 is 0 Å². The summed E-state index contributed by atoms with van der Waals surface area (Å²) in [7, 11) is 1.62. The van der Waals surface area contributed by atoms with Gasteiger partial charge >= 0.3 is 5.97 Å². The minimum Gasteiger partial charge on any atom is -0.480 e. The zero-order chi connectivity index (χ0) is 18.7. The van der Waals surface area contributed by atoms with E-state index in [1.807, 2.05) is 0 Å². The summed E-state index contributed by atoms with van der Waals surface area (Å²) in [6, 6.07) is -1.93. The number of amides is 2. The molecule has 0 spiro atoms. The Morgan fingerprint density at radius 1 is 1.28 bits per heavy atom. The summed E-state index contributed by atoms with van der Waals surface area (Å²) in [5, 5.41) is 17.1. The van der Waals surface area contributed by atoms with Gasteiger partial charge in [0, 0.05) is 18.3 Å². The number of imidazole rings is 1. The van der Waals surface area contributed by atoms with Crippen LogP contribution in [-0.4, -0.2) is 65.1 Å². The van der Waals surface area contributed by atoms with Crippen molar-refractivity contribution >= 4 is 17.8 Å². The lowest BCUT2D eigenvalue weighted by atomic mass is 10.1. The van der Waals surface area contributed by atoms with Crippen molar-refractivity contribution in [2.24, 2.45) is 5.73 Å². The molecule has 0 radical (unpaired) electrons. The van der Waals surface area contributed by atoms with Crippen molar-refractivity contribution in [3.63, 3.8) is 0 Å². The number of rotatable bonds is 12. The van der Waals surface area contributed by atoms with Crippen LogP contribution in [0.25, 0.3) is 0 Å². The van der Waals surface area contributed by atoms with E-state index in [0.717, 1.165) is 0 Å². The molecule has 0 aliphatic carbocycles. The first-order valence-electron chi connectivity index (χ1n) is 8.12. The fourth-order valence-corrected chi connectivity index (χ4v) is 2.26. The molecule has 0 aromatic carbocycles. The number of H-pyrrole nitrogens is 1. The molecule has 0 bridgehead atoms. The second kappa shape index (κ2) is 11.2. The quantitative estimate of drug-likeness (QED) is 0.245. The van der Waals surface area contributed by atoms with Gasteiger partial charge in [0.2, 0.25) is 11.8 Å². The zero-order valence-corrected chi connectivity index (χ0v) is 14.2. The number of unbranched alkanes of at least 4 members (excludes halogenated alkanes) is 1. The SMILES string of the molecule is CNCC(=O)N[C@@H](CCCCN)C(=O)N[C@@H](Cc1cnc[nH]1)C(=O)O. The highest BCUT2D eigenvalue weighted by Gasteiger charge is 2.26. The minimum atomic E-state index is -1.16. The number of aliphatic carboxylic acids is 1. The standard InChI is InChI=1S/C15H26N6O4/c1-17-8-13(22)20-11(4-2-3-5-16)14(23)21-12(15(24)25)6-10-7-18-9-19-10/h7,9,11-12,17H,2-6,8,16H2,1H3,(H,18,19)(H,20,22)(H,21,23)(H,24,25)/t11-,12-/m0/s1. The average Bonchev–Trinajstić information content (AvgIpc) is 3.06. The van der Waals surface area contributed by atoms with Gasteiger partial charge in [-0.1, -0.05) is 0 Å². The number of aromatic nitrogens is 2. The van der Waals surface area contributed by atoms with Crippen LogP contribution in [0.2, 0.25) is 0 Å². The maximum Gasteiger partial charge on any atom is 0.326 e. The number of hydrogen-bond acceptors (Lipinski definition) is 6. The van der Waals surface area contributed by atoms with Crippen LogP contribution < -0.4 is 21.7 Å². The third-order valence-electron chi connectivity index (χ3n) is 3.53. The molecule has 25 heavy (non-hydrogen) atoms. The van der Waals surface area contributed by atoms with E-state index in [4.69, 9.17) is 5.73 Å². The zero-order valence-electron chi connectivity index (χ0n) is 14.2. The summed E-state index contributed by atoms with van der Waals surface area (Å²) in [5.41, 5.74) is 6.04. The van der Waals surface area contributed by atoms with Gasteiger partial charge in [0.15, 0.2) is 0 Å². The highest BCUT2D eigenvalue weighted by molar-refractivity contribution is 5.90. The van der Waals surface area contributed by atoms with E-state index in [9.17, 15) is 19.5 Å². The molecule has 0 fully saturated rings. The number of carbonyl (C=O) groups is 3. The van der Waals surface area contributed by atoms with Gasteiger partial charge in [-0.25, -0.2) is 9.78 Å². The van der Waals surface area contributed by atoms with Crippen LogP contribution in [0, 0.1) is 0 Å². The van der Waals surface area contributed by atoms with E-state index in [0.29, 0.717) is 31.5 Å². The number of carbonyl (C=O) groups excluding carboxylic acids is 2. The molecule has 1 rings (SSSR count). The summed E-state index contributed by atoms with van der Waals surface area (Å²) in [6.07, 6.45) is 4.74. The van der Waals surface area contributed by atoms with Crippen molar-refractivity contribution in [2.45, 2.75) is 37.8 Å². The predicted molar refractivity (Wildman–Crippen MR) is 90.6 cm³/mol. The number of likely N-dealkylation sites (N-methyl/N-ethyl adjacent to an activating group) is 1. The van der Waals surface area contributed by atoms with Gasteiger partial charge in [-0.2, -0.15) is 0 Å². The van der Waals surface area contributed by atoms with E-state index >= 15 is 0 Å². The number of carboxylic acids is 1. The number of hydrogen-bond donors (Lipinski definition) is 6. The predicted octanol–water partition coefficient (Wildman–Crippen LogP) is -1.65. The molecule has 1 aromatic heterocycles. The molecule has 1 heterocycles. The molecule has 2 atom stereocenters. The molecule has 7 N–H and O–H groups in total. The molecule has 0 saturated carbocycles. The fraction of sp³-hybridized carbons (Fsp3) is 0.600.